The summed E-state index contributed by atoms with van der Waals surface area (Å²) >= 11 is 0. The minimum absolute atomic E-state index is 0.0347. The van der Waals surface area contributed by atoms with Gasteiger partial charge in [-0.3, -0.25) is 4.79 Å². The van der Waals surface area contributed by atoms with Gasteiger partial charge in [-0.05, 0) is 37.1 Å². The molecule has 0 bridgehead atoms. The van der Waals surface area contributed by atoms with Crippen molar-refractivity contribution in [3.63, 3.8) is 0 Å². The van der Waals surface area contributed by atoms with Crippen molar-refractivity contribution >= 4 is 17.3 Å². The van der Waals surface area contributed by atoms with Crippen LogP contribution in [0.3, 0.4) is 0 Å². The third-order valence-corrected chi connectivity index (χ3v) is 3.34. The van der Waals surface area contributed by atoms with E-state index in [0.29, 0.717) is 0 Å². The Morgan fingerprint density at radius 1 is 1.05 bits per heavy atom. The zero-order chi connectivity index (χ0) is 15.1. The Balaban J connectivity index is 2.01. The van der Waals surface area contributed by atoms with E-state index in [4.69, 9.17) is 0 Å². The van der Waals surface area contributed by atoms with Crippen molar-refractivity contribution in [2.45, 2.75) is 32.7 Å². The number of hydrogen-bond acceptors (Lipinski definition) is 2. The van der Waals surface area contributed by atoms with Gasteiger partial charge < -0.3 is 10.6 Å². The zero-order valence-electron chi connectivity index (χ0n) is 12.6. The summed E-state index contributed by atoms with van der Waals surface area (Å²) in [5, 5.41) is 6.22. The predicted octanol–water partition coefficient (Wildman–Crippen LogP) is 4.08. The highest BCUT2D eigenvalue weighted by molar-refractivity contribution is 5.96. The number of amides is 1. The molecule has 0 aliphatic rings. The molecular weight excluding hydrogens is 260 g/mol. The van der Waals surface area contributed by atoms with Gasteiger partial charge in [-0.2, -0.15) is 0 Å². The van der Waals surface area contributed by atoms with Crippen molar-refractivity contribution in [1.29, 1.82) is 0 Å². The molecule has 3 nitrogen and oxygen atoms in total. The lowest BCUT2D eigenvalue weighted by molar-refractivity contribution is -0.116. The molecule has 0 aliphatic heterocycles. The number of para-hydroxylation sites is 2. The summed E-state index contributed by atoms with van der Waals surface area (Å²) in [6, 6.07) is 17.4. The lowest BCUT2D eigenvalue weighted by Gasteiger charge is -2.17. The van der Waals surface area contributed by atoms with E-state index in [1.807, 2.05) is 55.5 Å². The van der Waals surface area contributed by atoms with Crippen molar-refractivity contribution in [2.24, 2.45) is 0 Å². The molecule has 0 spiro atoms. The third kappa shape index (κ3) is 4.35. The van der Waals surface area contributed by atoms with Gasteiger partial charge in [-0.25, -0.2) is 0 Å². The summed E-state index contributed by atoms with van der Waals surface area (Å²) in [4.78, 5) is 12.2. The number of hydrogen-bond donors (Lipinski definition) is 2. The van der Waals surface area contributed by atoms with Gasteiger partial charge in [0, 0.05) is 11.4 Å². The van der Waals surface area contributed by atoms with E-state index in [-0.39, 0.29) is 11.9 Å². The van der Waals surface area contributed by atoms with Gasteiger partial charge in [-0.1, -0.05) is 49.7 Å². The van der Waals surface area contributed by atoms with Crippen molar-refractivity contribution in [1.82, 2.24) is 0 Å². The molecule has 1 unspecified atom stereocenters. The lowest BCUT2D eigenvalue weighted by Crippen LogP contribution is -2.32. The average molecular weight is 282 g/mol. The largest absolute Gasteiger partial charge is 0.374 e. The Morgan fingerprint density at radius 3 is 2.43 bits per heavy atom. The highest BCUT2D eigenvalue weighted by Gasteiger charge is 2.13. The van der Waals surface area contributed by atoms with Gasteiger partial charge in [0.15, 0.2) is 0 Å². The van der Waals surface area contributed by atoms with Crippen molar-refractivity contribution < 1.29 is 4.79 Å². The van der Waals surface area contributed by atoms with Crippen LogP contribution in [0.25, 0.3) is 0 Å². The molecule has 2 aromatic rings. The van der Waals surface area contributed by atoms with Crippen LogP contribution in [0.2, 0.25) is 0 Å². The van der Waals surface area contributed by atoms with E-state index < -0.39 is 0 Å². The Bertz CT molecular complexity index is 581. The van der Waals surface area contributed by atoms with Gasteiger partial charge in [0.25, 0.3) is 0 Å². The van der Waals surface area contributed by atoms with Crippen LogP contribution in [0.5, 0.6) is 0 Å². The molecule has 0 saturated heterocycles. The zero-order valence-corrected chi connectivity index (χ0v) is 12.6. The monoisotopic (exact) mass is 282 g/mol. The van der Waals surface area contributed by atoms with Crippen LogP contribution in [0, 0.1) is 0 Å². The molecule has 1 amide bonds. The summed E-state index contributed by atoms with van der Waals surface area (Å²) < 4.78 is 0. The first kappa shape index (κ1) is 15.1. The molecule has 2 rings (SSSR count). The van der Waals surface area contributed by atoms with Crippen molar-refractivity contribution in [3.05, 3.63) is 60.2 Å². The first-order chi connectivity index (χ1) is 10.2. The highest BCUT2D eigenvalue weighted by atomic mass is 16.2. The topological polar surface area (TPSA) is 41.1 Å². The van der Waals surface area contributed by atoms with Crippen LogP contribution in [0.1, 0.15) is 25.8 Å². The summed E-state index contributed by atoms with van der Waals surface area (Å²) in [7, 11) is 0. The molecule has 0 aromatic heterocycles. The predicted molar refractivity (Wildman–Crippen MR) is 88.6 cm³/mol. The minimum atomic E-state index is -0.289. The average Bonchev–Trinajstić information content (AvgIpc) is 2.50. The number of benzene rings is 2. The fourth-order valence-electron chi connectivity index (χ4n) is 2.22. The first-order valence-corrected chi connectivity index (χ1v) is 7.41. The molecule has 0 aliphatic carbocycles. The van der Waals surface area contributed by atoms with E-state index in [2.05, 4.69) is 23.6 Å². The SMILES string of the molecule is CCCc1ccccc1NC(C)C(=O)Nc1ccccc1. The van der Waals surface area contributed by atoms with Crippen LogP contribution >= 0.6 is 0 Å². The van der Waals surface area contributed by atoms with Crippen LogP contribution in [0.4, 0.5) is 11.4 Å². The molecule has 0 fully saturated rings. The number of rotatable bonds is 6. The van der Waals surface area contributed by atoms with Gasteiger partial charge >= 0.3 is 0 Å². The Hall–Kier alpha value is -2.29. The molecular formula is C18H22N2O. The van der Waals surface area contributed by atoms with E-state index in [0.717, 1.165) is 24.2 Å². The Morgan fingerprint density at radius 2 is 1.71 bits per heavy atom. The van der Waals surface area contributed by atoms with Crippen LogP contribution < -0.4 is 10.6 Å². The normalized spacial score (nSPS) is 11.7. The molecule has 0 heterocycles. The molecule has 0 radical (unpaired) electrons. The number of anilines is 2. The fraction of sp³-hybridized carbons (Fsp3) is 0.278. The molecule has 110 valence electrons. The second kappa shape index (κ2) is 7.48. The van der Waals surface area contributed by atoms with Crippen molar-refractivity contribution in [2.75, 3.05) is 10.6 Å². The van der Waals surface area contributed by atoms with E-state index in [1.54, 1.807) is 0 Å². The second-order valence-corrected chi connectivity index (χ2v) is 5.13. The number of nitrogens with one attached hydrogen (secondary N) is 2. The fourth-order valence-corrected chi connectivity index (χ4v) is 2.22. The third-order valence-electron chi connectivity index (χ3n) is 3.34. The molecule has 2 N–H and O–H groups in total. The molecule has 2 aromatic carbocycles. The maximum absolute atomic E-state index is 12.2. The molecule has 0 saturated carbocycles. The summed E-state index contributed by atoms with van der Waals surface area (Å²) in [6.07, 6.45) is 2.10. The van der Waals surface area contributed by atoms with Gasteiger partial charge in [0.1, 0.15) is 6.04 Å². The lowest BCUT2D eigenvalue weighted by atomic mass is 10.1. The van der Waals surface area contributed by atoms with E-state index in [9.17, 15) is 4.79 Å². The highest BCUT2D eigenvalue weighted by Crippen LogP contribution is 2.18. The molecule has 1 atom stereocenters. The standard InChI is InChI=1S/C18H22N2O/c1-3-9-15-10-7-8-13-17(15)19-14(2)18(21)20-16-11-5-4-6-12-16/h4-8,10-14,19H,3,9H2,1-2H3,(H,20,21). The summed E-state index contributed by atoms with van der Waals surface area (Å²) in [5.41, 5.74) is 3.10. The summed E-state index contributed by atoms with van der Waals surface area (Å²) in [5.74, 6) is -0.0347. The van der Waals surface area contributed by atoms with E-state index in [1.165, 1.54) is 5.56 Å². The van der Waals surface area contributed by atoms with Gasteiger partial charge in [0.2, 0.25) is 5.91 Å². The van der Waals surface area contributed by atoms with Crippen LogP contribution in [-0.4, -0.2) is 11.9 Å². The quantitative estimate of drug-likeness (QED) is 0.838. The maximum atomic E-state index is 12.2. The smallest absolute Gasteiger partial charge is 0.246 e. The van der Waals surface area contributed by atoms with E-state index >= 15 is 0 Å². The minimum Gasteiger partial charge on any atom is -0.374 e. The van der Waals surface area contributed by atoms with Crippen molar-refractivity contribution in [3.8, 4) is 0 Å². The number of carbonyl (C=O) groups is 1. The molecule has 21 heavy (non-hydrogen) atoms. The Labute approximate surface area is 126 Å². The molecule has 3 heteroatoms. The maximum Gasteiger partial charge on any atom is 0.246 e. The van der Waals surface area contributed by atoms with Gasteiger partial charge in [-0.15, -0.1) is 0 Å². The Kier molecular flexibility index (Phi) is 5.38. The first-order valence-electron chi connectivity index (χ1n) is 7.41. The summed E-state index contributed by atoms with van der Waals surface area (Å²) in [6.45, 7) is 4.03. The van der Waals surface area contributed by atoms with Crippen LogP contribution in [0.15, 0.2) is 54.6 Å². The number of carbonyl (C=O) groups excluding carboxylic acids is 1. The van der Waals surface area contributed by atoms with Gasteiger partial charge in [0.05, 0.1) is 0 Å². The number of aryl methyl sites for hydroxylation is 1. The second-order valence-electron chi connectivity index (χ2n) is 5.13. The van der Waals surface area contributed by atoms with Crippen LogP contribution in [-0.2, 0) is 11.2 Å².